The summed E-state index contributed by atoms with van der Waals surface area (Å²) in [5.41, 5.74) is 2.56. The van der Waals surface area contributed by atoms with Crippen LogP contribution in [0.15, 0.2) is 42.7 Å². The highest BCUT2D eigenvalue weighted by Gasteiger charge is 2.47. The maximum atomic E-state index is 13.6. The average molecular weight is 450 g/mol. The Hall–Kier alpha value is -4.13. The molecule has 3 aromatic rings. The number of carbonyl (C=O) groups excluding carboxylic acids is 2. The van der Waals surface area contributed by atoms with Crippen molar-refractivity contribution in [1.29, 1.82) is 5.26 Å². The van der Waals surface area contributed by atoms with Gasteiger partial charge in [0.2, 0.25) is 5.91 Å². The van der Waals surface area contributed by atoms with Crippen LogP contribution in [0.1, 0.15) is 28.2 Å². The number of hydrogen-bond donors (Lipinski definition) is 1. The highest BCUT2D eigenvalue weighted by atomic mass is 19.3. The van der Waals surface area contributed by atoms with Crippen molar-refractivity contribution in [2.75, 3.05) is 13.1 Å². The van der Waals surface area contributed by atoms with Crippen LogP contribution in [0.5, 0.6) is 0 Å². The highest BCUT2D eigenvalue weighted by Crippen LogP contribution is 2.31. The van der Waals surface area contributed by atoms with Gasteiger partial charge in [-0.25, -0.2) is 13.8 Å². The van der Waals surface area contributed by atoms with Crippen molar-refractivity contribution in [3.63, 3.8) is 0 Å². The first kappa shape index (κ1) is 22.1. The normalized spacial score (nSPS) is 17.4. The van der Waals surface area contributed by atoms with Crippen LogP contribution < -0.4 is 5.32 Å². The van der Waals surface area contributed by atoms with Crippen molar-refractivity contribution in [3.8, 4) is 6.07 Å². The molecule has 1 fully saturated rings. The molecule has 1 saturated heterocycles. The lowest BCUT2D eigenvalue weighted by Crippen LogP contribution is -2.43. The van der Waals surface area contributed by atoms with Gasteiger partial charge in [-0.15, -0.1) is 0 Å². The van der Waals surface area contributed by atoms with E-state index in [0.717, 1.165) is 15.9 Å². The maximum Gasteiger partial charge on any atom is 0.268 e. The van der Waals surface area contributed by atoms with Crippen molar-refractivity contribution in [3.05, 3.63) is 59.7 Å². The fraction of sp³-hybridized carbons (Fsp3) is 0.261. The molecule has 2 amide bonds. The van der Waals surface area contributed by atoms with E-state index < -0.39 is 43.3 Å². The molecule has 0 saturated carbocycles. The summed E-state index contributed by atoms with van der Waals surface area (Å²) in [7, 11) is 1.88. The van der Waals surface area contributed by atoms with Crippen molar-refractivity contribution < 1.29 is 18.4 Å². The second-order valence-electron chi connectivity index (χ2n) is 7.72. The molecule has 1 N–H and O–H groups in total. The van der Waals surface area contributed by atoms with Crippen molar-refractivity contribution in [1.82, 2.24) is 24.8 Å². The van der Waals surface area contributed by atoms with Crippen LogP contribution in [-0.4, -0.2) is 56.3 Å². The Bertz CT molecular complexity index is 1290. The second kappa shape index (κ2) is 8.78. The predicted octanol–water partition coefficient (Wildman–Crippen LogP) is 2.63. The highest BCUT2D eigenvalue weighted by molar-refractivity contribution is 6.00. The van der Waals surface area contributed by atoms with Crippen LogP contribution in [0.2, 0.25) is 0 Å². The van der Waals surface area contributed by atoms with Crippen LogP contribution in [0.3, 0.4) is 0 Å². The quantitative estimate of drug-likeness (QED) is 0.644. The summed E-state index contributed by atoms with van der Waals surface area (Å²) in [5, 5.41) is 11.5. The van der Waals surface area contributed by atoms with E-state index in [1.54, 1.807) is 18.2 Å². The molecule has 1 aromatic carbocycles. The number of benzene rings is 1. The number of amides is 2. The standard InChI is InChI=1S/C23H20F2N6O2/c1-30-19-5-3-2-4-18(19)29-20(30)7-6-15-12-27-9-8-17(15)22(33)28-13-21(32)31-14-23(24,25)10-16(31)11-26/h2-9,12,16H,10,13-14H2,1H3,(H,28,33)/b7-6+. The number of imidazole rings is 1. The summed E-state index contributed by atoms with van der Waals surface area (Å²) in [6, 6.07) is 9.67. The van der Waals surface area contributed by atoms with E-state index >= 15 is 0 Å². The minimum Gasteiger partial charge on any atom is -0.343 e. The summed E-state index contributed by atoms with van der Waals surface area (Å²) in [6.45, 7) is -1.33. The average Bonchev–Trinajstić information content (AvgIpc) is 3.31. The topological polar surface area (TPSA) is 104 Å². The number of carbonyl (C=O) groups is 2. The third-order valence-corrected chi connectivity index (χ3v) is 5.47. The lowest BCUT2D eigenvalue weighted by atomic mass is 10.1. The van der Waals surface area contributed by atoms with Crippen LogP contribution in [0.25, 0.3) is 23.2 Å². The molecule has 1 aliphatic heterocycles. The first-order valence-electron chi connectivity index (χ1n) is 10.2. The Morgan fingerprint density at radius 1 is 1.30 bits per heavy atom. The minimum absolute atomic E-state index is 0.261. The second-order valence-corrected chi connectivity index (χ2v) is 7.72. The van der Waals surface area contributed by atoms with Crippen molar-refractivity contribution in [2.45, 2.75) is 18.4 Å². The number of para-hydroxylation sites is 2. The van der Waals surface area contributed by atoms with Gasteiger partial charge in [0, 0.05) is 37.0 Å². The molecule has 33 heavy (non-hydrogen) atoms. The molecule has 10 heteroatoms. The molecule has 8 nitrogen and oxygen atoms in total. The van der Waals surface area contributed by atoms with Gasteiger partial charge in [-0.1, -0.05) is 12.1 Å². The number of fused-ring (bicyclic) bond motifs is 1. The van der Waals surface area contributed by atoms with Gasteiger partial charge in [-0.05, 0) is 30.4 Å². The summed E-state index contributed by atoms with van der Waals surface area (Å²) in [6.07, 6.45) is 5.68. The molecule has 4 rings (SSSR count). The number of aromatic nitrogens is 3. The molecule has 1 atom stereocenters. The zero-order valence-corrected chi connectivity index (χ0v) is 17.7. The number of nitrogens with zero attached hydrogens (tertiary/aromatic N) is 5. The predicted molar refractivity (Wildman–Crippen MR) is 117 cm³/mol. The van der Waals surface area contributed by atoms with Crippen molar-refractivity contribution >= 4 is 35.0 Å². The summed E-state index contributed by atoms with van der Waals surface area (Å²) in [5.74, 6) is -3.73. The first-order chi connectivity index (χ1) is 15.8. The molecular formula is C23H20F2N6O2. The number of halogens is 2. The number of alkyl halides is 2. The van der Waals surface area contributed by atoms with E-state index in [9.17, 15) is 18.4 Å². The largest absolute Gasteiger partial charge is 0.343 e. The SMILES string of the molecule is Cn1c(/C=C/c2cnccc2C(=O)NCC(=O)N2CC(F)(F)CC2C#N)nc2ccccc21. The van der Waals surface area contributed by atoms with Crippen molar-refractivity contribution in [2.24, 2.45) is 7.05 Å². The van der Waals surface area contributed by atoms with Gasteiger partial charge >= 0.3 is 0 Å². The lowest BCUT2D eigenvalue weighted by molar-refractivity contribution is -0.131. The Labute approximate surface area is 188 Å². The van der Waals surface area contributed by atoms with E-state index in [1.807, 2.05) is 35.9 Å². The van der Waals surface area contributed by atoms with Gasteiger partial charge in [0.25, 0.3) is 11.8 Å². The third-order valence-electron chi connectivity index (χ3n) is 5.47. The van der Waals surface area contributed by atoms with Gasteiger partial charge < -0.3 is 14.8 Å². The minimum atomic E-state index is -3.11. The van der Waals surface area contributed by atoms with Gasteiger partial charge in [0.15, 0.2) is 0 Å². The van der Waals surface area contributed by atoms with Gasteiger partial charge in [-0.3, -0.25) is 14.6 Å². The molecule has 0 bridgehead atoms. The molecule has 168 valence electrons. The molecule has 1 aliphatic rings. The van der Waals surface area contributed by atoms with E-state index in [-0.39, 0.29) is 5.56 Å². The van der Waals surface area contributed by atoms with E-state index in [1.165, 1.54) is 18.5 Å². The lowest BCUT2D eigenvalue weighted by Gasteiger charge is -2.19. The van der Waals surface area contributed by atoms with Crippen LogP contribution >= 0.6 is 0 Å². The number of aryl methyl sites for hydroxylation is 1. The number of hydrogen-bond acceptors (Lipinski definition) is 5. The Kier molecular flexibility index (Phi) is 5.87. The van der Waals surface area contributed by atoms with Crippen LogP contribution in [0.4, 0.5) is 8.78 Å². The Morgan fingerprint density at radius 3 is 2.85 bits per heavy atom. The van der Waals surface area contributed by atoms with Gasteiger partial charge in [0.1, 0.15) is 11.9 Å². The molecule has 0 aliphatic carbocycles. The molecule has 0 radical (unpaired) electrons. The molecular weight excluding hydrogens is 430 g/mol. The number of nitrogens with one attached hydrogen (secondary N) is 1. The summed E-state index contributed by atoms with van der Waals surface area (Å²) < 4.78 is 29.1. The van der Waals surface area contributed by atoms with E-state index in [2.05, 4.69) is 15.3 Å². The van der Waals surface area contributed by atoms with Gasteiger partial charge in [0.05, 0.1) is 30.2 Å². The summed E-state index contributed by atoms with van der Waals surface area (Å²) >= 11 is 0. The fourth-order valence-electron chi connectivity index (χ4n) is 3.77. The number of pyridine rings is 1. The van der Waals surface area contributed by atoms with Crippen LogP contribution in [-0.2, 0) is 11.8 Å². The third kappa shape index (κ3) is 4.57. The smallest absolute Gasteiger partial charge is 0.268 e. The van der Waals surface area contributed by atoms with Gasteiger partial charge in [-0.2, -0.15) is 5.26 Å². The molecule has 0 spiro atoms. The molecule has 1 unspecified atom stereocenters. The van der Waals surface area contributed by atoms with E-state index in [0.29, 0.717) is 11.4 Å². The fourth-order valence-corrected chi connectivity index (χ4v) is 3.77. The first-order valence-corrected chi connectivity index (χ1v) is 10.2. The Morgan fingerprint density at radius 2 is 2.09 bits per heavy atom. The number of nitriles is 1. The maximum absolute atomic E-state index is 13.6. The number of likely N-dealkylation sites (tertiary alicyclic amines) is 1. The number of rotatable bonds is 5. The zero-order valence-electron chi connectivity index (χ0n) is 17.7. The molecule has 2 aromatic heterocycles. The van der Waals surface area contributed by atoms with E-state index in [4.69, 9.17) is 5.26 Å². The summed E-state index contributed by atoms with van der Waals surface area (Å²) in [4.78, 5) is 34.5. The Balaban J connectivity index is 1.47. The zero-order chi connectivity index (χ0) is 23.6. The molecule has 3 heterocycles. The monoisotopic (exact) mass is 450 g/mol. The van der Waals surface area contributed by atoms with Crippen LogP contribution in [0, 0.1) is 11.3 Å².